The lowest BCUT2D eigenvalue weighted by atomic mass is 10.3. The van der Waals surface area contributed by atoms with E-state index >= 15 is 0 Å². The summed E-state index contributed by atoms with van der Waals surface area (Å²) in [5.74, 6) is 0. The van der Waals surface area contributed by atoms with Crippen molar-refractivity contribution in [2.24, 2.45) is 0 Å². The molecule has 1 nitrogen and oxygen atoms in total. The van der Waals surface area contributed by atoms with Crippen LogP contribution in [0.4, 0.5) is 0 Å². The molecule has 0 aromatic heterocycles. The van der Waals surface area contributed by atoms with E-state index in [0.29, 0.717) is 0 Å². The van der Waals surface area contributed by atoms with Crippen LogP contribution in [0.15, 0.2) is 11.8 Å². The second-order valence-corrected chi connectivity index (χ2v) is 2.45. The van der Waals surface area contributed by atoms with Crippen molar-refractivity contribution in [3.8, 4) is 0 Å². The highest BCUT2D eigenvalue weighted by molar-refractivity contribution is 4.95. The van der Waals surface area contributed by atoms with Gasteiger partial charge in [0.2, 0.25) is 0 Å². The summed E-state index contributed by atoms with van der Waals surface area (Å²) in [7, 11) is 0. The second-order valence-electron chi connectivity index (χ2n) is 2.45. The molecule has 0 spiro atoms. The van der Waals surface area contributed by atoms with Crippen molar-refractivity contribution in [2.45, 2.75) is 40.0 Å². The van der Waals surface area contributed by atoms with Crippen LogP contribution in [0.1, 0.15) is 40.0 Å². The average Bonchev–Trinajstić information content (AvgIpc) is 1.99. The first-order valence-electron chi connectivity index (χ1n) is 4.24. The lowest BCUT2D eigenvalue weighted by Crippen LogP contribution is -2.13. The van der Waals surface area contributed by atoms with Crippen LogP contribution in [0.2, 0.25) is 0 Å². The fourth-order valence-electron chi connectivity index (χ4n) is 0.857. The van der Waals surface area contributed by atoms with Crippen LogP contribution < -0.4 is 5.32 Å². The van der Waals surface area contributed by atoms with Crippen molar-refractivity contribution in [2.75, 3.05) is 6.54 Å². The largest absolute Gasteiger partial charge is 0.389 e. The number of hydrogen-bond donors (Lipinski definition) is 1. The zero-order valence-electron chi connectivity index (χ0n) is 7.41. The zero-order valence-corrected chi connectivity index (χ0v) is 7.41. The van der Waals surface area contributed by atoms with Crippen LogP contribution in [-0.2, 0) is 0 Å². The Kier molecular flexibility index (Phi) is 6.35. The summed E-state index contributed by atoms with van der Waals surface area (Å²) in [5, 5.41) is 3.38. The number of hydrogen-bond acceptors (Lipinski definition) is 1. The van der Waals surface area contributed by atoms with Crippen molar-refractivity contribution in [3.05, 3.63) is 11.8 Å². The van der Waals surface area contributed by atoms with Crippen molar-refractivity contribution < 1.29 is 0 Å². The van der Waals surface area contributed by atoms with Gasteiger partial charge in [-0.15, -0.1) is 0 Å². The summed E-state index contributed by atoms with van der Waals surface area (Å²) in [4.78, 5) is 0. The van der Waals surface area contributed by atoms with Gasteiger partial charge in [0.1, 0.15) is 0 Å². The van der Waals surface area contributed by atoms with E-state index in [-0.39, 0.29) is 0 Å². The molecule has 0 atom stereocenters. The normalized spacial score (nSPS) is 11.7. The zero-order chi connectivity index (χ0) is 7.82. The molecule has 0 amide bonds. The van der Waals surface area contributed by atoms with Gasteiger partial charge < -0.3 is 5.32 Å². The van der Waals surface area contributed by atoms with Gasteiger partial charge >= 0.3 is 0 Å². The Morgan fingerprint density at radius 1 is 1.40 bits per heavy atom. The first kappa shape index (κ1) is 9.54. The Morgan fingerprint density at radius 2 is 2.10 bits per heavy atom. The highest BCUT2D eigenvalue weighted by atomic mass is 14.9. The van der Waals surface area contributed by atoms with Gasteiger partial charge in [0.05, 0.1) is 0 Å². The third-order valence-corrected chi connectivity index (χ3v) is 1.61. The Balaban J connectivity index is 3.27. The minimum absolute atomic E-state index is 1.13. The molecular formula is C9H19N. The average molecular weight is 141 g/mol. The maximum Gasteiger partial charge on any atom is 0.0143 e. The SMILES string of the molecule is CC=C(CC)NCCCC. The highest BCUT2D eigenvalue weighted by Gasteiger charge is 1.88. The third-order valence-electron chi connectivity index (χ3n) is 1.61. The van der Waals surface area contributed by atoms with Gasteiger partial charge in [0.15, 0.2) is 0 Å². The minimum atomic E-state index is 1.13. The Hall–Kier alpha value is -0.460. The topological polar surface area (TPSA) is 12.0 Å². The number of rotatable bonds is 5. The van der Waals surface area contributed by atoms with Gasteiger partial charge in [-0.1, -0.05) is 26.3 Å². The van der Waals surface area contributed by atoms with Crippen LogP contribution >= 0.6 is 0 Å². The predicted molar refractivity (Wildman–Crippen MR) is 47.0 cm³/mol. The summed E-state index contributed by atoms with van der Waals surface area (Å²) >= 11 is 0. The number of nitrogens with one attached hydrogen (secondary N) is 1. The van der Waals surface area contributed by atoms with Gasteiger partial charge in [-0.2, -0.15) is 0 Å². The second kappa shape index (κ2) is 6.66. The lowest BCUT2D eigenvalue weighted by Gasteiger charge is -2.06. The Labute approximate surface area is 64.5 Å². The quantitative estimate of drug-likeness (QED) is 0.580. The van der Waals surface area contributed by atoms with E-state index in [9.17, 15) is 0 Å². The molecule has 1 heteroatoms. The Bertz CT molecular complexity index is 94.9. The van der Waals surface area contributed by atoms with Crippen LogP contribution in [-0.4, -0.2) is 6.54 Å². The smallest absolute Gasteiger partial charge is 0.0143 e. The van der Waals surface area contributed by atoms with Crippen molar-refractivity contribution in [1.82, 2.24) is 5.32 Å². The van der Waals surface area contributed by atoms with Crippen molar-refractivity contribution >= 4 is 0 Å². The van der Waals surface area contributed by atoms with Crippen molar-refractivity contribution in [3.63, 3.8) is 0 Å². The summed E-state index contributed by atoms with van der Waals surface area (Å²) in [5.41, 5.74) is 1.37. The number of allylic oxidation sites excluding steroid dienone is 2. The van der Waals surface area contributed by atoms with Gasteiger partial charge in [0, 0.05) is 12.2 Å². The predicted octanol–water partition coefficient (Wildman–Crippen LogP) is 2.69. The summed E-state index contributed by atoms with van der Waals surface area (Å²) < 4.78 is 0. The number of unbranched alkanes of at least 4 members (excludes halogenated alkanes) is 1. The molecule has 10 heavy (non-hydrogen) atoms. The third kappa shape index (κ3) is 4.42. The summed E-state index contributed by atoms with van der Waals surface area (Å²) in [6.45, 7) is 7.60. The van der Waals surface area contributed by atoms with Crippen molar-refractivity contribution in [1.29, 1.82) is 0 Å². The van der Waals surface area contributed by atoms with Crippen LogP contribution in [0.5, 0.6) is 0 Å². The molecule has 0 saturated carbocycles. The minimum Gasteiger partial charge on any atom is -0.389 e. The molecule has 0 unspecified atom stereocenters. The first-order chi connectivity index (χ1) is 4.85. The summed E-state index contributed by atoms with van der Waals surface area (Å²) in [6.07, 6.45) is 5.82. The van der Waals surface area contributed by atoms with E-state index in [1.165, 1.54) is 18.5 Å². The van der Waals surface area contributed by atoms with E-state index < -0.39 is 0 Å². The first-order valence-corrected chi connectivity index (χ1v) is 4.24. The van der Waals surface area contributed by atoms with E-state index in [0.717, 1.165) is 13.0 Å². The molecule has 0 aromatic carbocycles. The molecule has 0 fully saturated rings. The maximum absolute atomic E-state index is 3.38. The molecule has 0 heterocycles. The molecule has 0 rings (SSSR count). The van der Waals surface area contributed by atoms with Gasteiger partial charge in [-0.25, -0.2) is 0 Å². The van der Waals surface area contributed by atoms with Crippen LogP contribution in [0.25, 0.3) is 0 Å². The molecule has 0 aliphatic rings. The fourth-order valence-corrected chi connectivity index (χ4v) is 0.857. The fraction of sp³-hybridized carbons (Fsp3) is 0.778. The molecule has 0 aliphatic carbocycles. The monoisotopic (exact) mass is 141 g/mol. The molecule has 0 radical (unpaired) electrons. The van der Waals surface area contributed by atoms with Gasteiger partial charge in [-0.05, 0) is 19.8 Å². The molecule has 0 aliphatic heterocycles. The molecule has 0 bridgehead atoms. The molecule has 0 saturated heterocycles. The molecule has 1 N–H and O–H groups in total. The Morgan fingerprint density at radius 3 is 2.50 bits per heavy atom. The molecule has 0 aromatic rings. The van der Waals surface area contributed by atoms with E-state index in [1.807, 2.05) is 0 Å². The highest BCUT2D eigenvalue weighted by Crippen LogP contribution is 1.94. The lowest BCUT2D eigenvalue weighted by molar-refractivity contribution is 0.693. The molecule has 60 valence electrons. The van der Waals surface area contributed by atoms with E-state index in [4.69, 9.17) is 0 Å². The van der Waals surface area contributed by atoms with E-state index in [2.05, 4.69) is 32.2 Å². The maximum atomic E-state index is 3.38. The van der Waals surface area contributed by atoms with E-state index in [1.54, 1.807) is 0 Å². The summed E-state index contributed by atoms with van der Waals surface area (Å²) in [6, 6.07) is 0. The standard InChI is InChI=1S/C9H19N/c1-4-7-8-10-9(5-2)6-3/h5,10H,4,6-8H2,1-3H3. The van der Waals surface area contributed by atoms with Gasteiger partial charge in [0.25, 0.3) is 0 Å². The molecular weight excluding hydrogens is 122 g/mol. The van der Waals surface area contributed by atoms with Gasteiger partial charge in [-0.3, -0.25) is 0 Å². The van der Waals surface area contributed by atoms with Crippen LogP contribution in [0.3, 0.4) is 0 Å². The van der Waals surface area contributed by atoms with Crippen LogP contribution in [0, 0.1) is 0 Å².